The number of halogens is 2. The van der Waals surface area contributed by atoms with Crippen molar-refractivity contribution in [2.75, 3.05) is 0 Å². The minimum atomic E-state index is 0.240. The van der Waals surface area contributed by atoms with Crippen LogP contribution in [-0.2, 0) is 11.2 Å². The van der Waals surface area contributed by atoms with E-state index in [1.54, 1.807) is 18.3 Å². The van der Waals surface area contributed by atoms with E-state index in [-0.39, 0.29) is 5.91 Å². The molecule has 0 radical (unpaired) electrons. The van der Waals surface area contributed by atoms with E-state index in [1.807, 2.05) is 6.07 Å². The molecule has 0 atom stereocenters. The van der Waals surface area contributed by atoms with E-state index in [2.05, 4.69) is 9.88 Å². The summed E-state index contributed by atoms with van der Waals surface area (Å²) in [6.45, 7) is 0. The molecular formula is C20H22Cl2N2O2. The lowest BCUT2D eigenvalue weighted by Gasteiger charge is -2.29. The lowest BCUT2D eigenvalue weighted by atomic mass is 10.1. The zero-order chi connectivity index (χ0) is 18.1. The van der Waals surface area contributed by atoms with Gasteiger partial charge >= 0.3 is 0 Å². The number of carbonyl (C=O) groups excluding carboxylic acids is 1. The first-order chi connectivity index (χ1) is 12.6. The first-order valence-electron chi connectivity index (χ1n) is 9.33. The molecule has 0 saturated heterocycles. The third-order valence-corrected chi connectivity index (χ3v) is 5.80. The number of oxazole rings is 1. The number of rotatable bonds is 6. The van der Waals surface area contributed by atoms with Crippen LogP contribution in [0.1, 0.15) is 50.8 Å². The highest BCUT2D eigenvalue weighted by Crippen LogP contribution is 2.35. The van der Waals surface area contributed by atoms with Gasteiger partial charge in [0.1, 0.15) is 0 Å². The number of hydrogen-bond donors (Lipinski definition) is 0. The summed E-state index contributed by atoms with van der Waals surface area (Å²) >= 11 is 12.2. The average Bonchev–Trinajstić information content (AvgIpc) is 3.09. The summed E-state index contributed by atoms with van der Waals surface area (Å²) in [4.78, 5) is 19.3. The highest BCUT2D eigenvalue weighted by Gasteiger charge is 2.38. The third kappa shape index (κ3) is 3.91. The van der Waals surface area contributed by atoms with Gasteiger partial charge in [-0.1, -0.05) is 36.0 Å². The van der Waals surface area contributed by atoms with Gasteiger partial charge < -0.3 is 9.32 Å². The predicted octanol–water partition coefficient (Wildman–Crippen LogP) is 5.51. The highest BCUT2D eigenvalue weighted by molar-refractivity contribution is 6.36. The monoisotopic (exact) mass is 392 g/mol. The zero-order valence-corrected chi connectivity index (χ0v) is 16.1. The number of hydrogen-bond acceptors (Lipinski definition) is 3. The largest absolute Gasteiger partial charge is 0.441 e. The van der Waals surface area contributed by atoms with Crippen molar-refractivity contribution in [3.05, 3.63) is 40.3 Å². The molecule has 2 aromatic rings. The summed E-state index contributed by atoms with van der Waals surface area (Å²) in [6, 6.07) is 6.18. The molecule has 1 amide bonds. The van der Waals surface area contributed by atoms with Gasteiger partial charge in [-0.15, -0.1) is 0 Å². The molecule has 0 N–H and O–H groups in total. The fraction of sp³-hybridized carbons (Fsp3) is 0.500. The molecule has 1 aromatic carbocycles. The number of carbonyl (C=O) groups is 1. The molecule has 4 nitrogen and oxygen atoms in total. The molecular weight excluding hydrogens is 371 g/mol. The van der Waals surface area contributed by atoms with E-state index < -0.39 is 0 Å². The van der Waals surface area contributed by atoms with E-state index >= 15 is 0 Å². The minimum absolute atomic E-state index is 0.240. The molecule has 1 heterocycles. The number of aryl methyl sites for hydroxylation is 1. The summed E-state index contributed by atoms with van der Waals surface area (Å²) < 4.78 is 5.81. The maximum Gasteiger partial charge on any atom is 0.223 e. The van der Waals surface area contributed by atoms with Gasteiger partial charge in [-0.2, -0.15) is 0 Å². The maximum atomic E-state index is 12.8. The SMILES string of the molecule is O=C(CCc1ncc(-c2ccc(Cl)cc2Cl)o1)N(C1CCCC1)C1CC1. The Bertz CT molecular complexity index is 795. The van der Waals surface area contributed by atoms with Crippen LogP contribution in [-0.4, -0.2) is 27.9 Å². The molecule has 4 rings (SSSR count). The van der Waals surface area contributed by atoms with Crippen LogP contribution < -0.4 is 0 Å². The van der Waals surface area contributed by atoms with Gasteiger partial charge in [-0.05, 0) is 43.9 Å². The van der Waals surface area contributed by atoms with E-state index in [1.165, 1.54) is 12.8 Å². The Labute approximate surface area is 163 Å². The number of aromatic nitrogens is 1. The normalized spacial score (nSPS) is 17.6. The summed E-state index contributed by atoms with van der Waals surface area (Å²) in [5.41, 5.74) is 0.756. The lowest BCUT2D eigenvalue weighted by Crippen LogP contribution is -2.40. The van der Waals surface area contributed by atoms with Crippen molar-refractivity contribution in [2.24, 2.45) is 0 Å². The summed E-state index contributed by atoms with van der Waals surface area (Å²) in [7, 11) is 0. The zero-order valence-electron chi connectivity index (χ0n) is 14.6. The van der Waals surface area contributed by atoms with Crippen molar-refractivity contribution in [2.45, 2.75) is 63.5 Å². The van der Waals surface area contributed by atoms with E-state index in [0.29, 0.717) is 46.6 Å². The fourth-order valence-corrected chi connectivity index (χ4v) is 4.32. The molecule has 2 aliphatic rings. The Balaban J connectivity index is 1.40. The van der Waals surface area contributed by atoms with Gasteiger partial charge in [0.2, 0.25) is 5.91 Å². The van der Waals surface area contributed by atoms with Crippen LogP contribution in [0.15, 0.2) is 28.8 Å². The molecule has 2 fully saturated rings. The lowest BCUT2D eigenvalue weighted by molar-refractivity contribution is -0.134. The standard InChI is InChI=1S/C20H22Cl2N2O2/c21-13-5-8-16(17(22)11-13)18-12-23-19(26-18)9-10-20(25)24(15-6-7-15)14-3-1-2-4-14/h5,8,11-12,14-15H,1-4,6-7,9-10H2. The summed E-state index contributed by atoms with van der Waals surface area (Å²) in [5.74, 6) is 1.41. The Morgan fingerprint density at radius 2 is 1.88 bits per heavy atom. The Morgan fingerprint density at radius 3 is 2.58 bits per heavy atom. The maximum absolute atomic E-state index is 12.8. The van der Waals surface area contributed by atoms with Crippen molar-refractivity contribution in [1.82, 2.24) is 9.88 Å². The second kappa shape index (κ2) is 7.61. The Kier molecular flexibility index (Phi) is 5.23. The van der Waals surface area contributed by atoms with Crippen molar-refractivity contribution in [3.63, 3.8) is 0 Å². The topological polar surface area (TPSA) is 46.3 Å². The van der Waals surface area contributed by atoms with Gasteiger partial charge in [0.05, 0.1) is 11.2 Å². The van der Waals surface area contributed by atoms with Gasteiger partial charge in [0.15, 0.2) is 11.7 Å². The van der Waals surface area contributed by atoms with Crippen LogP contribution >= 0.6 is 23.2 Å². The van der Waals surface area contributed by atoms with Crippen LogP contribution in [0, 0.1) is 0 Å². The molecule has 26 heavy (non-hydrogen) atoms. The first kappa shape index (κ1) is 17.9. The fourth-order valence-electron chi connectivity index (χ4n) is 3.82. The van der Waals surface area contributed by atoms with Gasteiger partial charge in [0, 0.05) is 35.5 Å². The summed E-state index contributed by atoms with van der Waals surface area (Å²) in [6.07, 6.45) is 9.71. The Morgan fingerprint density at radius 1 is 1.15 bits per heavy atom. The summed E-state index contributed by atoms with van der Waals surface area (Å²) in [5, 5.41) is 1.11. The molecule has 0 aliphatic heterocycles. The Hall–Kier alpha value is -1.52. The van der Waals surface area contributed by atoms with Gasteiger partial charge in [-0.25, -0.2) is 4.98 Å². The molecule has 6 heteroatoms. The quantitative estimate of drug-likeness (QED) is 0.650. The second-order valence-electron chi connectivity index (χ2n) is 7.21. The molecule has 1 aromatic heterocycles. The van der Waals surface area contributed by atoms with Crippen LogP contribution in [0.25, 0.3) is 11.3 Å². The third-order valence-electron chi connectivity index (χ3n) is 5.25. The van der Waals surface area contributed by atoms with Gasteiger partial charge in [-0.3, -0.25) is 4.79 Å². The minimum Gasteiger partial charge on any atom is -0.441 e. The smallest absolute Gasteiger partial charge is 0.223 e. The van der Waals surface area contributed by atoms with Crippen LogP contribution in [0.5, 0.6) is 0 Å². The van der Waals surface area contributed by atoms with Crippen LogP contribution in [0.4, 0.5) is 0 Å². The second-order valence-corrected chi connectivity index (χ2v) is 8.06. The highest BCUT2D eigenvalue weighted by atomic mass is 35.5. The molecule has 0 unspecified atom stereocenters. The van der Waals surface area contributed by atoms with Crippen LogP contribution in [0.3, 0.4) is 0 Å². The molecule has 0 bridgehead atoms. The van der Waals surface area contributed by atoms with Crippen molar-refractivity contribution in [1.29, 1.82) is 0 Å². The predicted molar refractivity (Wildman–Crippen MR) is 102 cm³/mol. The molecule has 2 saturated carbocycles. The van der Waals surface area contributed by atoms with E-state index in [0.717, 1.165) is 31.2 Å². The number of nitrogens with zero attached hydrogens (tertiary/aromatic N) is 2. The molecule has 2 aliphatic carbocycles. The average molecular weight is 393 g/mol. The molecule has 138 valence electrons. The number of benzene rings is 1. The van der Waals surface area contributed by atoms with Crippen molar-refractivity contribution in [3.8, 4) is 11.3 Å². The number of amides is 1. The van der Waals surface area contributed by atoms with E-state index in [4.69, 9.17) is 27.6 Å². The van der Waals surface area contributed by atoms with Crippen molar-refractivity contribution >= 4 is 29.1 Å². The van der Waals surface area contributed by atoms with Crippen LogP contribution in [0.2, 0.25) is 10.0 Å². The van der Waals surface area contributed by atoms with Gasteiger partial charge in [0.25, 0.3) is 0 Å². The molecule has 0 spiro atoms. The van der Waals surface area contributed by atoms with Crippen molar-refractivity contribution < 1.29 is 9.21 Å². The van der Waals surface area contributed by atoms with E-state index in [9.17, 15) is 4.79 Å². The first-order valence-corrected chi connectivity index (χ1v) is 10.1.